The van der Waals surface area contributed by atoms with Gasteiger partial charge in [0.05, 0.1) is 19.3 Å². The SMILES string of the molecule is CN(Cc1ccc(CN2CCC[C@@H](c3ccccc3)C2)o1)S(C)(=O)=O. The normalized spacial score (nSPS) is 19.4. The fourth-order valence-electron chi connectivity index (χ4n) is 3.35. The summed E-state index contributed by atoms with van der Waals surface area (Å²) in [5, 5.41) is 0. The van der Waals surface area contributed by atoms with Crippen LogP contribution in [0.2, 0.25) is 0 Å². The quantitative estimate of drug-likeness (QED) is 0.793. The highest BCUT2D eigenvalue weighted by atomic mass is 32.2. The van der Waals surface area contributed by atoms with Crippen LogP contribution in [0, 0.1) is 0 Å². The highest BCUT2D eigenvalue weighted by molar-refractivity contribution is 7.88. The lowest BCUT2D eigenvalue weighted by molar-refractivity contribution is 0.185. The van der Waals surface area contributed by atoms with Crippen molar-refractivity contribution in [3.63, 3.8) is 0 Å². The van der Waals surface area contributed by atoms with E-state index in [0.29, 0.717) is 11.7 Å². The van der Waals surface area contributed by atoms with E-state index in [0.717, 1.165) is 25.4 Å². The fourth-order valence-corrected chi connectivity index (χ4v) is 3.71. The summed E-state index contributed by atoms with van der Waals surface area (Å²) in [7, 11) is -1.63. The molecule has 2 aromatic rings. The Morgan fingerprint density at radius 3 is 2.60 bits per heavy atom. The Labute approximate surface area is 150 Å². The van der Waals surface area contributed by atoms with Crippen LogP contribution in [0.5, 0.6) is 0 Å². The van der Waals surface area contributed by atoms with E-state index < -0.39 is 10.0 Å². The Bertz CT molecular complexity index is 786. The molecule has 1 aliphatic rings. The van der Waals surface area contributed by atoms with Crippen molar-refractivity contribution in [1.82, 2.24) is 9.21 Å². The van der Waals surface area contributed by atoms with E-state index in [9.17, 15) is 8.42 Å². The monoisotopic (exact) mass is 362 g/mol. The lowest BCUT2D eigenvalue weighted by atomic mass is 9.91. The summed E-state index contributed by atoms with van der Waals surface area (Å²) in [6, 6.07) is 14.5. The molecule has 3 rings (SSSR count). The van der Waals surface area contributed by atoms with Crippen molar-refractivity contribution in [2.24, 2.45) is 0 Å². The molecule has 0 bridgehead atoms. The largest absolute Gasteiger partial charge is 0.463 e. The lowest BCUT2D eigenvalue weighted by Crippen LogP contribution is -2.33. The number of likely N-dealkylation sites (tertiary alicyclic amines) is 1. The van der Waals surface area contributed by atoms with Gasteiger partial charge in [0.1, 0.15) is 11.5 Å². The average Bonchev–Trinajstić information content (AvgIpc) is 3.02. The van der Waals surface area contributed by atoms with Gasteiger partial charge in [-0.3, -0.25) is 4.90 Å². The molecule has 1 aromatic carbocycles. The number of sulfonamides is 1. The minimum atomic E-state index is -3.19. The average molecular weight is 362 g/mol. The standard InChI is InChI=1S/C19H26N2O3S/c1-20(25(2,22)23)14-18-10-11-19(24-18)15-21-12-6-9-17(13-21)16-7-4-3-5-8-16/h3-5,7-8,10-11,17H,6,9,12-15H2,1-2H3/t17-/m1/s1. The smallest absolute Gasteiger partial charge is 0.211 e. The first kappa shape index (κ1) is 18.2. The molecule has 1 fully saturated rings. The first-order valence-electron chi connectivity index (χ1n) is 8.68. The van der Waals surface area contributed by atoms with E-state index in [1.54, 1.807) is 7.05 Å². The van der Waals surface area contributed by atoms with Crippen LogP contribution in [0.4, 0.5) is 0 Å². The van der Waals surface area contributed by atoms with E-state index in [2.05, 4.69) is 35.2 Å². The molecule has 0 radical (unpaired) electrons. The first-order chi connectivity index (χ1) is 11.9. The van der Waals surface area contributed by atoms with Crippen molar-refractivity contribution < 1.29 is 12.8 Å². The lowest BCUT2D eigenvalue weighted by Gasteiger charge is -2.32. The summed E-state index contributed by atoms with van der Waals surface area (Å²) in [6.45, 7) is 3.14. The van der Waals surface area contributed by atoms with Gasteiger partial charge in [0.15, 0.2) is 0 Å². The summed E-state index contributed by atoms with van der Waals surface area (Å²) < 4.78 is 30.2. The predicted molar refractivity (Wildman–Crippen MR) is 98.7 cm³/mol. The van der Waals surface area contributed by atoms with Crippen LogP contribution in [0.3, 0.4) is 0 Å². The van der Waals surface area contributed by atoms with E-state index in [-0.39, 0.29) is 6.54 Å². The molecule has 5 nitrogen and oxygen atoms in total. The zero-order chi connectivity index (χ0) is 17.9. The molecule has 1 aliphatic heterocycles. The third-order valence-corrected chi connectivity index (χ3v) is 6.08. The van der Waals surface area contributed by atoms with Crippen molar-refractivity contribution >= 4 is 10.0 Å². The van der Waals surface area contributed by atoms with Gasteiger partial charge in [0.2, 0.25) is 10.0 Å². The molecule has 0 saturated carbocycles. The maximum absolute atomic E-state index is 11.5. The minimum Gasteiger partial charge on any atom is -0.463 e. The molecular formula is C19H26N2O3S. The van der Waals surface area contributed by atoms with E-state index in [1.807, 2.05) is 12.1 Å². The molecule has 136 valence electrons. The van der Waals surface area contributed by atoms with Crippen molar-refractivity contribution in [2.75, 3.05) is 26.4 Å². The second-order valence-electron chi connectivity index (χ2n) is 6.87. The molecule has 1 saturated heterocycles. The van der Waals surface area contributed by atoms with Crippen molar-refractivity contribution in [3.05, 3.63) is 59.5 Å². The summed E-state index contributed by atoms with van der Waals surface area (Å²) >= 11 is 0. The molecule has 0 amide bonds. The number of nitrogens with zero attached hydrogens (tertiary/aromatic N) is 2. The third-order valence-electron chi connectivity index (χ3n) is 4.82. The second kappa shape index (κ2) is 7.72. The van der Waals surface area contributed by atoms with Crippen LogP contribution in [-0.2, 0) is 23.1 Å². The molecule has 0 aliphatic carbocycles. The third kappa shape index (κ3) is 4.93. The first-order valence-corrected chi connectivity index (χ1v) is 10.5. The van der Waals surface area contributed by atoms with Crippen LogP contribution in [0.15, 0.2) is 46.9 Å². The van der Waals surface area contributed by atoms with Gasteiger partial charge in [0.25, 0.3) is 0 Å². The molecule has 0 N–H and O–H groups in total. The van der Waals surface area contributed by atoms with Gasteiger partial charge in [-0.25, -0.2) is 8.42 Å². The van der Waals surface area contributed by atoms with E-state index >= 15 is 0 Å². The number of hydrogen-bond donors (Lipinski definition) is 0. The summed E-state index contributed by atoms with van der Waals surface area (Å²) in [4.78, 5) is 2.42. The number of rotatable bonds is 6. The van der Waals surface area contributed by atoms with Crippen LogP contribution >= 0.6 is 0 Å². The highest BCUT2D eigenvalue weighted by Crippen LogP contribution is 2.27. The summed E-state index contributed by atoms with van der Waals surface area (Å²) in [6.07, 6.45) is 3.61. The Kier molecular flexibility index (Phi) is 5.61. The minimum absolute atomic E-state index is 0.269. The van der Waals surface area contributed by atoms with Crippen LogP contribution in [-0.4, -0.2) is 44.0 Å². The number of piperidine rings is 1. The molecule has 6 heteroatoms. The molecule has 0 spiro atoms. The Hall–Kier alpha value is -1.63. The van der Waals surface area contributed by atoms with Gasteiger partial charge in [-0.15, -0.1) is 0 Å². The van der Waals surface area contributed by atoms with E-state index in [4.69, 9.17) is 4.42 Å². The van der Waals surface area contributed by atoms with Gasteiger partial charge in [0, 0.05) is 13.6 Å². The molecular weight excluding hydrogens is 336 g/mol. The molecule has 2 heterocycles. The maximum atomic E-state index is 11.5. The van der Waals surface area contributed by atoms with Crippen LogP contribution < -0.4 is 0 Å². The fraction of sp³-hybridized carbons (Fsp3) is 0.474. The number of benzene rings is 1. The van der Waals surface area contributed by atoms with Crippen molar-refractivity contribution in [1.29, 1.82) is 0 Å². The van der Waals surface area contributed by atoms with Gasteiger partial charge < -0.3 is 4.42 Å². The van der Waals surface area contributed by atoms with Gasteiger partial charge in [-0.2, -0.15) is 4.31 Å². The number of furan rings is 1. The molecule has 1 aromatic heterocycles. The number of hydrogen-bond acceptors (Lipinski definition) is 4. The zero-order valence-electron chi connectivity index (χ0n) is 14.9. The molecule has 25 heavy (non-hydrogen) atoms. The maximum Gasteiger partial charge on any atom is 0.211 e. The zero-order valence-corrected chi connectivity index (χ0v) is 15.7. The summed E-state index contributed by atoms with van der Waals surface area (Å²) in [5.74, 6) is 2.14. The van der Waals surface area contributed by atoms with Crippen molar-refractivity contribution in [2.45, 2.75) is 31.8 Å². The predicted octanol–water partition coefficient (Wildman–Crippen LogP) is 3.05. The molecule has 0 unspecified atom stereocenters. The Morgan fingerprint density at radius 1 is 1.16 bits per heavy atom. The Morgan fingerprint density at radius 2 is 1.88 bits per heavy atom. The van der Waals surface area contributed by atoms with Crippen molar-refractivity contribution in [3.8, 4) is 0 Å². The van der Waals surface area contributed by atoms with Crippen LogP contribution in [0.1, 0.15) is 35.8 Å². The van der Waals surface area contributed by atoms with Crippen LogP contribution in [0.25, 0.3) is 0 Å². The highest BCUT2D eigenvalue weighted by Gasteiger charge is 2.22. The van der Waals surface area contributed by atoms with E-state index in [1.165, 1.54) is 29.0 Å². The summed E-state index contributed by atoms with van der Waals surface area (Å²) in [5.41, 5.74) is 1.40. The van der Waals surface area contributed by atoms with Gasteiger partial charge >= 0.3 is 0 Å². The van der Waals surface area contributed by atoms with Gasteiger partial charge in [-0.1, -0.05) is 30.3 Å². The van der Waals surface area contributed by atoms with Gasteiger partial charge in [-0.05, 0) is 43.0 Å². The molecule has 1 atom stereocenters. The topological polar surface area (TPSA) is 53.8 Å². The second-order valence-corrected chi connectivity index (χ2v) is 8.96. The Balaban J connectivity index is 1.59.